The standard InChI is InChI=1S/C21H24N4O2S/c1-4-27-18-9-6-16(7-10-18)20-23-24-21(28)25(20)12-11-19(26)22-17-8-5-14(2)15(3)13-17/h5-10,13H,4,11-12H2,1-3H3,(H,22,26)(H,24,28). The number of aromatic nitrogens is 3. The van der Waals surface area contributed by atoms with E-state index >= 15 is 0 Å². The van der Waals surface area contributed by atoms with Gasteiger partial charge in [-0.05, 0) is 80.5 Å². The largest absolute Gasteiger partial charge is 0.494 e. The van der Waals surface area contributed by atoms with Crippen LogP contribution in [0.4, 0.5) is 5.69 Å². The molecule has 1 heterocycles. The molecule has 3 aromatic rings. The summed E-state index contributed by atoms with van der Waals surface area (Å²) >= 11 is 5.34. The fraction of sp³-hybridized carbons (Fsp3) is 0.286. The van der Waals surface area contributed by atoms with Gasteiger partial charge in [0, 0.05) is 24.2 Å². The van der Waals surface area contributed by atoms with Crippen LogP contribution in [0.5, 0.6) is 5.75 Å². The van der Waals surface area contributed by atoms with Crippen molar-refractivity contribution in [3.05, 3.63) is 58.4 Å². The highest BCUT2D eigenvalue weighted by molar-refractivity contribution is 7.71. The quantitative estimate of drug-likeness (QED) is 0.570. The number of aryl methyl sites for hydroxylation is 2. The molecular formula is C21H24N4O2S. The Labute approximate surface area is 169 Å². The number of benzene rings is 2. The van der Waals surface area contributed by atoms with Gasteiger partial charge in [0.05, 0.1) is 6.61 Å². The zero-order chi connectivity index (χ0) is 20.1. The fourth-order valence-corrected chi connectivity index (χ4v) is 3.09. The lowest BCUT2D eigenvalue weighted by molar-refractivity contribution is -0.116. The van der Waals surface area contributed by atoms with Gasteiger partial charge in [-0.15, -0.1) is 0 Å². The number of H-pyrrole nitrogens is 1. The molecule has 0 unspecified atom stereocenters. The van der Waals surface area contributed by atoms with Crippen LogP contribution < -0.4 is 10.1 Å². The molecule has 0 spiro atoms. The summed E-state index contributed by atoms with van der Waals surface area (Å²) in [7, 11) is 0. The predicted octanol–water partition coefficient (Wildman–Crippen LogP) is 4.65. The van der Waals surface area contributed by atoms with Crippen LogP contribution in [-0.4, -0.2) is 27.3 Å². The van der Waals surface area contributed by atoms with Crippen LogP contribution in [0, 0.1) is 18.6 Å². The molecule has 3 rings (SSSR count). The lowest BCUT2D eigenvalue weighted by Gasteiger charge is -2.10. The van der Waals surface area contributed by atoms with E-state index in [2.05, 4.69) is 15.5 Å². The van der Waals surface area contributed by atoms with Crippen molar-refractivity contribution in [2.24, 2.45) is 0 Å². The average molecular weight is 397 g/mol. The number of ether oxygens (including phenoxy) is 1. The molecule has 0 saturated heterocycles. The predicted molar refractivity (Wildman–Crippen MR) is 113 cm³/mol. The molecule has 6 nitrogen and oxygen atoms in total. The maximum Gasteiger partial charge on any atom is 0.226 e. The van der Waals surface area contributed by atoms with Gasteiger partial charge in [0.25, 0.3) is 0 Å². The van der Waals surface area contributed by atoms with Gasteiger partial charge < -0.3 is 10.1 Å². The minimum absolute atomic E-state index is 0.0657. The van der Waals surface area contributed by atoms with E-state index in [9.17, 15) is 4.79 Å². The SMILES string of the molecule is CCOc1ccc(-c2n[nH]c(=S)n2CCC(=O)Nc2ccc(C)c(C)c2)cc1. The van der Waals surface area contributed by atoms with E-state index in [-0.39, 0.29) is 5.91 Å². The molecular weight excluding hydrogens is 372 g/mol. The van der Waals surface area contributed by atoms with Gasteiger partial charge in [-0.3, -0.25) is 14.5 Å². The van der Waals surface area contributed by atoms with Gasteiger partial charge in [-0.25, -0.2) is 0 Å². The van der Waals surface area contributed by atoms with Gasteiger partial charge in [0.2, 0.25) is 5.91 Å². The Balaban J connectivity index is 1.69. The van der Waals surface area contributed by atoms with Crippen molar-refractivity contribution >= 4 is 23.8 Å². The molecule has 2 N–H and O–H groups in total. The van der Waals surface area contributed by atoms with E-state index in [1.807, 2.05) is 67.8 Å². The third-order valence-corrected chi connectivity index (χ3v) is 4.85. The number of carbonyl (C=O) groups excluding carboxylic acids is 1. The second-order valence-electron chi connectivity index (χ2n) is 6.56. The summed E-state index contributed by atoms with van der Waals surface area (Å²) in [5, 5.41) is 10.1. The van der Waals surface area contributed by atoms with Crippen molar-refractivity contribution in [1.82, 2.24) is 14.8 Å². The molecule has 0 aliphatic carbocycles. The summed E-state index contributed by atoms with van der Waals surface area (Å²) in [5.41, 5.74) is 4.05. The summed E-state index contributed by atoms with van der Waals surface area (Å²) < 4.78 is 7.80. The van der Waals surface area contributed by atoms with Crippen molar-refractivity contribution in [1.29, 1.82) is 0 Å². The van der Waals surface area contributed by atoms with Crippen LogP contribution in [-0.2, 0) is 11.3 Å². The molecule has 0 fully saturated rings. The molecule has 0 bridgehead atoms. The highest BCUT2D eigenvalue weighted by atomic mass is 32.1. The number of hydrogen-bond donors (Lipinski definition) is 2. The van der Waals surface area contributed by atoms with E-state index in [0.29, 0.717) is 30.2 Å². The molecule has 0 atom stereocenters. The fourth-order valence-electron chi connectivity index (χ4n) is 2.87. The second kappa shape index (κ2) is 8.84. The Kier molecular flexibility index (Phi) is 6.26. The number of anilines is 1. The highest BCUT2D eigenvalue weighted by Gasteiger charge is 2.11. The van der Waals surface area contributed by atoms with E-state index in [1.54, 1.807) is 0 Å². The van der Waals surface area contributed by atoms with Crippen LogP contribution >= 0.6 is 12.2 Å². The molecule has 28 heavy (non-hydrogen) atoms. The van der Waals surface area contributed by atoms with E-state index in [1.165, 1.54) is 5.56 Å². The first kappa shape index (κ1) is 19.8. The Morgan fingerprint density at radius 2 is 1.93 bits per heavy atom. The Hall–Kier alpha value is -2.93. The van der Waals surface area contributed by atoms with Crippen molar-refractivity contribution < 1.29 is 9.53 Å². The number of hydrogen-bond acceptors (Lipinski definition) is 4. The average Bonchev–Trinajstić information content (AvgIpc) is 3.04. The molecule has 0 aliphatic rings. The van der Waals surface area contributed by atoms with Crippen molar-refractivity contribution in [2.45, 2.75) is 33.7 Å². The summed E-state index contributed by atoms with van der Waals surface area (Å²) in [6.07, 6.45) is 0.296. The van der Waals surface area contributed by atoms with Crippen molar-refractivity contribution in [3.8, 4) is 17.1 Å². The molecule has 146 valence electrons. The van der Waals surface area contributed by atoms with Gasteiger partial charge >= 0.3 is 0 Å². The first-order valence-electron chi connectivity index (χ1n) is 9.23. The summed E-state index contributed by atoms with van der Waals surface area (Å²) in [6.45, 7) is 7.08. The van der Waals surface area contributed by atoms with Gasteiger partial charge in [0.1, 0.15) is 5.75 Å². The number of carbonyl (C=O) groups is 1. The lowest BCUT2D eigenvalue weighted by atomic mass is 10.1. The number of aromatic amines is 1. The third kappa shape index (κ3) is 4.67. The number of amides is 1. The summed E-state index contributed by atoms with van der Waals surface area (Å²) in [6, 6.07) is 13.5. The highest BCUT2D eigenvalue weighted by Crippen LogP contribution is 2.21. The van der Waals surface area contributed by atoms with Crippen LogP contribution in [0.1, 0.15) is 24.5 Å². The Morgan fingerprint density at radius 3 is 2.61 bits per heavy atom. The van der Waals surface area contributed by atoms with Crippen LogP contribution in [0.25, 0.3) is 11.4 Å². The number of nitrogens with zero attached hydrogens (tertiary/aromatic N) is 2. The van der Waals surface area contributed by atoms with Gasteiger partial charge in [-0.2, -0.15) is 5.10 Å². The molecule has 0 aliphatic heterocycles. The topological polar surface area (TPSA) is 71.9 Å². The smallest absolute Gasteiger partial charge is 0.226 e. The first-order valence-corrected chi connectivity index (χ1v) is 9.64. The van der Waals surface area contributed by atoms with Crippen LogP contribution in [0.2, 0.25) is 0 Å². The summed E-state index contributed by atoms with van der Waals surface area (Å²) in [4.78, 5) is 12.4. The summed E-state index contributed by atoms with van der Waals surface area (Å²) in [5.74, 6) is 1.44. The minimum Gasteiger partial charge on any atom is -0.494 e. The maximum atomic E-state index is 12.4. The molecule has 2 aromatic carbocycles. The van der Waals surface area contributed by atoms with Gasteiger partial charge in [-0.1, -0.05) is 6.07 Å². The van der Waals surface area contributed by atoms with E-state index in [0.717, 1.165) is 22.6 Å². The third-order valence-electron chi connectivity index (χ3n) is 4.53. The Morgan fingerprint density at radius 1 is 1.18 bits per heavy atom. The van der Waals surface area contributed by atoms with Crippen LogP contribution in [0.3, 0.4) is 0 Å². The monoisotopic (exact) mass is 396 g/mol. The first-order chi connectivity index (χ1) is 13.5. The number of nitrogens with one attached hydrogen (secondary N) is 2. The van der Waals surface area contributed by atoms with E-state index < -0.39 is 0 Å². The normalized spacial score (nSPS) is 10.7. The number of rotatable bonds is 7. The Bertz CT molecular complexity index is 1020. The molecule has 7 heteroatoms. The van der Waals surface area contributed by atoms with Crippen LogP contribution in [0.15, 0.2) is 42.5 Å². The zero-order valence-electron chi connectivity index (χ0n) is 16.3. The zero-order valence-corrected chi connectivity index (χ0v) is 17.1. The maximum absolute atomic E-state index is 12.4. The van der Waals surface area contributed by atoms with Crippen molar-refractivity contribution in [3.63, 3.8) is 0 Å². The van der Waals surface area contributed by atoms with E-state index in [4.69, 9.17) is 17.0 Å². The molecule has 0 saturated carbocycles. The second-order valence-corrected chi connectivity index (χ2v) is 6.95. The molecule has 1 aromatic heterocycles. The van der Waals surface area contributed by atoms with Crippen molar-refractivity contribution in [2.75, 3.05) is 11.9 Å². The lowest BCUT2D eigenvalue weighted by Crippen LogP contribution is -2.15. The minimum atomic E-state index is -0.0657. The van der Waals surface area contributed by atoms with Gasteiger partial charge in [0.15, 0.2) is 10.6 Å². The molecule has 0 radical (unpaired) electrons. The molecule has 1 amide bonds.